The second-order valence-corrected chi connectivity index (χ2v) is 7.26. The quantitative estimate of drug-likeness (QED) is 0.531. The highest BCUT2D eigenvalue weighted by molar-refractivity contribution is 6.33. The summed E-state index contributed by atoms with van der Waals surface area (Å²) in [6.45, 7) is 0. The normalized spacial score (nSPS) is 24.6. The highest BCUT2D eigenvalue weighted by Gasteiger charge is 2.44. The fourth-order valence-corrected chi connectivity index (χ4v) is 4.37. The molecule has 1 aliphatic heterocycles. The molecule has 2 aliphatic rings. The summed E-state index contributed by atoms with van der Waals surface area (Å²) >= 11 is 12.4. The Labute approximate surface area is 153 Å². The number of alkyl halides is 3. The lowest BCUT2D eigenvalue weighted by atomic mass is 9.75. The van der Waals surface area contributed by atoms with Crippen molar-refractivity contribution >= 4 is 28.9 Å². The van der Waals surface area contributed by atoms with Gasteiger partial charge in [0.25, 0.3) is 0 Å². The zero-order valence-corrected chi connectivity index (χ0v) is 14.5. The molecule has 4 rings (SSSR count). The van der Waals surface area contributed by atoms with Crippen LogP contribution in [0.2, 0.25) is 10.0 Å². The van der Waals surface area contributed by atoms with Gasteiger partial charge in [-0.1, -0.05) is 47.5 Å². The Morgan fingerprint density at radius 2 is 1.88 bits per heavy atom. The maximum atomic E-state index is 13.5. The van der Waals surface area contributed by atoms with Crippen molar-refractivity contribution in [3.8, 4) is 0 Å². The lowest BCUT2D eigenvalue weighted by Crippen LogP contribution is -2.31. The molecule has 6 heteroatoms. The van der Waals surface area contributed by atoms with E-state index in [0.29, 0.717) is 22.2 Å². The minimum absolute atomic E-state index is 0.00877. The van der Waals surface area contributed by atoms with E-state index < -0.39 is 11.7 Å². The average Bonchev–Trinajstić information content (AvgIpc) is 3.03. The molecule has 0 amide bonds. The average molecular weight is 384 g/mol. The van der Waals surface area contributed by atoms with E-state index in [-0.39, 0.29) is 23.4 Å². The van der Waals surface area contributed by atoms with Crippen LogP contribution in [0.5, 0.6) is 0 Å². The molecular weight excluding hydrogens is 370 g/mol. The molecule has 2 aromatic carbocycles. The standard InChI is InChI=1S/C19H14Cl2F3N/c20-11-4-1-3-10(9-11)17-13-6-2-5-12(13)16-14(19(22,23)24)7-8-15(21)18(16)25-17/h1-5,7-9,12-13,17,25H,6H2/t12-,13-,17-/m1/s1. The highest BCUT2D eigenvalue weighted by Crippen LogP contribution is 2.54. The Kier molecular flexibility index (Phi) is 4.00. The molecule has 0 spiro atoms. The van der Waals surface area contributed by atoms with Crippen LogP contribution in [0.1, 0.15) is 35.1 Å². The van der Waals surface area contributed by atoms with Gasteiger partial charge in [0.1, 0.15) is 0 Å². The van der Waals surface area contributed by atoms with Crippen molar-refractivity contribution in [1.82, 2.24) is 0 Å². The van der Waals surface area contributed by atoms with E-state index in [9.17, 15) is 13.2 Å². The van der Waals surface area contributed by atoms with E-state index in [0.717, 1.165) is 11.6 Å². The van der Waals surface area contributed by atoms with Crippen molar-refractivity contribution in [2.24, 2.45) is 5.92 Å². The summed E-state index contributed by atoms with van der Waals surface area (Å²) in [6.07, 6.45) is 0.108. The Balaban J connectivity index is 1.88. The first-order valence-corrected chi connectivity index (χ1v) is 8.70. The molecule has 1 aliphatic carbocycles. The number of halogens is 5. The van der Waals surface area contributed by atoms with Crippen LogP contribution in [0.3, 0.4) is 0 Å². The molecule has 2 aromatic rings. The van der Waals surface area contributed by atoms with Crippen LogP contribution in [0, 0.1) is 5.92 Å². The van der Waals surface area contributed by atoms with Gasteiger partial charge >= 0.3 is 6.18 Å². The molecule has 0 aromatic heterocycles. The topological polar surface area (TPSA) is 12.0 Å². The van der Waals surface area contributed by atoms with Gasteiger partial charge in [0.15, 0.2) is 0 Å². The maximum Gasteiger partial charge on any atom is 0.416 e. The third-order valence-electron chi connectivity index (χ3n) is 4.98. The molecule has 130 valence electrons. The van der Waals surface area contributed by atoms with Gasteiger partial charge in [-0.25, -0.2) is 0 Å². The van der Waals surface area contributed by atoms with Crippen LogP contribution in [0.4, 0.5) is 18.9 Å². The van der Waals surface area contributed by atoms with Crippen molar-refractivity contribution in [3.05, 3.63) is 75.3 Å². The first kappa shape index (κ1) is 16.8. The molecule has 1 heterocycles. The SMILES string of the molecule is FC(F)(F)c1ccc(Cl)c2c1[C@@H]1C=CC[C@H]1[C@@H](c1cccc(Cl)c1)N2. The minimum atomic E-state index is -4.42. The number of hydrogen-bond donors (Lipinski definition) is 1. The van der Waals surface area contributed by atoms with Gasteiger partial charge in [-0.15, -0.1) is 0 Å². The summed E-state index contributed by atoms with van der Waals surface area (Å²) in [5, 5.41) is 4.16. The van der Waals surface area contributed by atoms with Crippen LogP contribution in [0.25, 0.3) is 0 Å². The summed E-state index contributed by atoms with van der Waals surface area (Å²) in [4.78, 5) is 0. The predicted molar refractivity (Wildman–Crippen MR) is 94.3 cm³/mol. The number of rotatable bonds is 1. The molecule has 0 bridgehead atoms. The van der Waals surface area contributed by atoms with Gasteiger partial charge in [-0.2, -0.15) is 13.2 Å². The van der Waals surface area contributed by atoms with E-state index >= 15 is 0 Å². The summed E-state index contributed by atoms with van der Waals surface area (Å²) in [5.41, 5.74) is 0.946. The zero-order chi connectivity index (χ0) is 17.8. The predicted octanol–water partition coefficient (Wildman–Crippen LogP) is 6.84. The van der Waals surface area contributed by atoms with Crippen molar-refractivity contribution in [1.29, 1.82) is 0 Å². The van der Waals surface area contributed by atoms with Crippen LogP contribution >= 0.6 is 23.2 Å². The third kappa shape index (κ3) is 2.81. The fourth-order valence-electron chi connectivity index (χ4n) is 3.95. The van der Waals surface area contributed by atoms with Gasteiger partial charge in [0, 0.05) is 10.9 Å². The van der Waals surface area contributed by atoms with Crippen LogP contribution in [-0.4, -0.2) is 0 Å². The Hall–Kier alpha value is -1.65. The number of benzene rings is 2. The molecule has 0 fully saturated rings. The minimum Gasteiger partial charge on any atom is -0.376 e. The lowest BCUT2D eigenvalue weighted by molar-refractivity contribution is -0.138. The van der Waals surface area contributed by atoms with Crippen LogP contribution in [0.15, 0.2) is 48.6 Å². The molecule has 1 N–H and O–H groups in total. The number of anilines is 1. The van der Waals surface area contributed by atoms with Crippen LogP contribution in [-0.2, 0) is 6.18 Å². The highest BCUT2D eigenvalue weighted by atomic mass is 35.5. The van der Waals surface area contributed by atoms with Crippen molar-refractivity contribution in [2.45, 2.75) is 24.6 Å². The van der Waals surface area contributed by atoms with Gasteiger partial charge in [-0.05, 0) is 47.7 Å². The lowest BCUT2D eigenvalue weighted by Gasteiger charge is -2.39. The first-order chi connectivity index (χ1) is 11.9. The van der Waals surface area contributed by atoms with Gasteiger partial charge in [0.05, 0.1) is 22.3 Å². The van der Waals surface area contributed by atoms with Gasteiger partial charge in [-0.3, -0.25) is 0 Å². The van der Waals surface area contributed by atoms with Crippen molar-refractivity contribution in [3.63, 3.8) is 0 Å². The molecule has 0 saturated carbocycles. The Bertz CT molecular complexity index is 860. The molecule has 0 saturated heterocycles. The zero-order valence-electron chi connectivity index (χ0n) is 12.9. The van der Waals surface area contributed by atoms with Gasteiger partial charge in [0.2, 0.25) is 0 Å². The van der Waals surface area contributed by atoms with E-state index in [2.05, 4.69) is 5.32 Å². The summed E-state index contributed by atoms with van der Waals surface area (Å²) < 4.78 is 40.6. The third-order valence-corrected chi connectivity index (χ3v) is 5.53. The molecule has 3 atom stereocenters. The van der Waals surface area contributed by atoms with Crippen molar-refractivity contribution in [2.75, 3.05) is 5.32 Å². The second kappa shape index (κ2) is 5.96. The molecular formula is C19H14Cl2F3N. The number of fused-ring (bicyclic) bond motifs is 3. The van der Waals surface area contributed by atoms with E-state index in [1.807, 2.05) is 30.4 Å². The number of allylic oxidation sites excluding steroid dienone is 2. The van der Waals surface area contributed by atoms with E-state index in [1.54, 1.807) is 6.07 Å². The molecule has 0 radical (unpaired) electrons. The maximum absolute atomic E-state index is 13.5. The Morgan fingerprint density at radius 1 is 1.08 bits per heavy atom. The largest absolute Gasteiger partial charge is 0.416 e. The monoisotopic (exact) mass is 383 g/mol. The second-order valence-electron chi connectivity index (χ2n) is 6.41. The van der Waals surface area contributed by atoms with Crippen LogP contribution < -0.4 is 5.32 Å². The summed E-state index contributed by atoms with van der Waals surface area (Å²) in [5.74, 6) is -0.332. The number of hydrogen-bond acceptors (Lipinski definition) is 1. The summed E-state index contributed by atoms with van der Waals surface area (Å²) in [6, 6.07) is 9.65. The molecule has 0 unspecified atom stereocenters. The smallest absolute Gasteiger partial charge is 0.376 e. The first-order valence-electron chi connectivity index (χ1n) is 7.94. The molecule has 25 heavy (non-hydrogen) atoms. The summed E-state index contributed by atoms with van der Waals surface area (Å²) in [7, 11) is 0. The number of nitrogens with one attached hydrogen (secondary N) is 1. The molecule has 1 nitrogen and oxygen atoms in total. The van der Waals surface area contributed by atoms with Crippen molar-refractivity contribution < 1.29 is 13.2 Å². The fraction of sp³-hybridized carbons (Fsp3) is 0.263. The van der Waals surface area contributed by atoms with Gasteiger partial charge < -0.3 is 5.32 Å². The Morgan fingerprint density at radius 3 is 2.60 bits per heavy atom. The van der Waals surface area contributed by atoms with E-state index in [4.69, 9.17) is 23.2 Å². The van der Waals surface area contributed by atoms with E-state index in [1.165, 1.54) is 6.07 Å².